The van der Waals surface area contributed by atoms with Gasteiger partial charge < -0.3 is 10.2 Å². The van der Waals surface area contributed by atoms with E-state index in [1.807, 2.05) is 0 Å². The molecular formula is C6H10NO4P. The van der Waals surface area contributed by atoms with Crippen molar-refractivity contribution in [3.8, 4) is 0 Å². The van der Waals surface area contributed by atoms with Gasteiger partial charge in [-0.3, -0.25) is 5.09 Å². The van der Waals surface area contributed by atoms with Gasteiger partial charge >= 0.3 is 11.9 Å². The minimum absolute atomic E-state index is 0.254. The van der Waals surface area contributed by atoms with E-state index < -0.39 is 18.0 Å². The first-order valence-corrected chi connectivity index (χ1v) is 4.65. The van der Waals surface area contributed by atoms with Crippen LogP contribution in [0.5, 0.6) is 0 Å². The predicted molar refractivity (Wildman–Crippen MR) is 43.5 cm³/mol. The van der Waals surface area contributed by atoms with Gasteiger partial charge in [-0.1, -0.05) is 0 Å². The average Bonchev–Trinajstić information content (AvgIpc) is 2.69. The van der Waals surface area contributed by atoms with E-state index in [0.717, 1.165) is 12.8 Å². The molecule has 1 atom stereocenters. The van der Waals surface area contributed by atoms with E-state index in [1.165, 1.54) is 0 Å². The standard InChI is InChI=1S/C6H10NO4P/c8-5(9)4(6(10)11)7-12-3-1-2-3/h3-4,7,12H,1-2H2,(H,8,9)(H,10,11). The van der Waals surface area contributed by atoms with E-state index in [9.17, 15) is 9.59 Å². The SMILES string of the molecule is O=C(O)C(NPC1CC1)C(=O)O. The van der Waals surface area contributed by atoms with Crippen molar-refractivity contribution in [1.29, 1.82) is 0 Å². The van der Waals surface area contributed by atoms with Crippen molar-refractivity contribution >= 4 is 20.7 Å². The molecule has 0 spiro atoms. The van der Waals surface area contributed by atoms with Crippen LogP contribution in [0, 0.1) is 0 Å². The van der Waals surface area contributed by atoms with Crippen LogP contribution >= 0.6 is 8.73 Å². The van der Waals surface area contributed by atoms with Crippen molar-refractivity contribution in [1.82, 2.24) is 5.09 Å². The van der Waals surface area contributed by atoms with Crippen LogP contribution in [-0.2, 0) is 9.59 Å². The molecule has 0 aromatic carbocycles. The number of aliphatic carboxylic acids is 2. The van der Waals surface area contributed by atoms with Crippen LogP contribution in [0.4, 0.5) is 0 Å². The summed E-state index contributed by atoms with van der Waals surface area (Å²) >= 11 is 0. The number of carboxylic acids is 2. The van der Waals surface area contributed by atoms with Gasteiger partial charge in [0.2, 0.25) is 6.04 Å². The van der Waals surface area contributed by atoms with Gasteiger partial charge in [0.05, 0.1) is 0 Å². The lowest BCUT2D eigenvalue weighted by Crippen LogP contribution is -2.39. The van der Waals surface area contributed by atoms with E-state index >= 15 is 0 Å². The zero-order chi connectivity index (χ0) is 9.14. The summed E-state index contributed by atoms with van der Waals surface area (Å²) in [5.41, 5.74) is 0.506. The van der Waals surface area contributed by atoms with E-state index in [4.69, 9.17) is 10.2 Å². The second kappa shape index (κ2) is 3.83. The zero-order valence-corrected chi connectivity index (χ0v) is 7.28. The first-order chi connectivity index (χ1) is 5.61. The second-order valence-electron chi connectivity index (χ2n) is 2.67. The van der Waals surface area contributed by atoms with E-state index in [-0.39, 0.29) is 8.73 Å². The topological polar surface area (TPSA) is 86.6 Å². The maximum atomic E-state index is 10.3. The maximum absolute atomic E-state index is 10.3. The molecule has 5 nitrogen and oxygen atoms in total. The Morgan fingerprint density at radius 2 is 1.83 bits per heavy atom. The summed E-state index contributed by atoms with van der Waals surface area (Å²) in [4.78, 5) is 20.7. The lowest BCUT2D eigenvalue weighted by Gasteiger charge is -2.08. The molecule has 3 N–H and O–H groups in total. The van der Waals surface area contributed by atoms with Gasteiger partial charge in [-0.25, -0.2) is 9.59 Å². The molecule has 0 aromatic rings. The van der Waals surface area contributed by atoms with Crippen molar-refractivity contribution in [2.45, 2.75) is 24.5 Å². The van der Waals surface area contributed by atoms with Crippen molar-refractivity contribution in [2.75, 3.05) is 0 Å². The molecule has 1 unspecified atom stereocenters. The van der Waals surface area contributed by atoms with Gasteiger partial charge in [-0.2, -0.15) is 0 Å². The Morgan fingerprint density at radius 1 is 1.33 bits per heavy atom. The number of hydrogen-bond donors (Lipinski definition) is 3. The lowest BCUT2D eigenvalue weighted by atomic mass is 10.3. The highest BCUT2D eigenvalue weighted by Gasteiger charge is 2.28. The highest BCUT2D eigenvalue weighted by molar-refractivity contribution is 7.37. The Hall–Kier alpha value is -0.670. The molecule has 12 heavy (non-hydrogen) atoms. The summed E-state index contributed by atoms with van der Waals surface area (Å²) in [6, 6.07) is -1.44. The Labute approximate surface area is 71.0 Å². The van der Waals surface area contributed by atoms with E-state index in [0.29, 0.717) is 5.66 Å². The number of carbonyl (C=O) groups is 2. The molecule has 1 aliphatic rings. The summed E-state index contributed by atoms with van der Waals surface area (Å²) in [6.45, 7) is 0. The molecule has 0 saturated heterocycles. The van der Waals surface area contributed by atoms with Crippen LogP contribution in [0.2, 0.25) is 0 Å². The van der Waals surface area contributed by atoms with Crippen LogP contribution in [0.3, 0.4) is 0 Å². The lowest BCUT2D eigenvalue weighted by molar-refractivity contribution is -0.150. The Bertz CT molecular complexity index is 190. The van der Waals surface area contributed by atoms with Crippen molar-refractivity contribution < 1.29 is 19.8 Å². The minimum Gasteiger partial charge on any atom is -0.480 e. The fraction of sp³-hybridized carbons (Fsp3) is 0.667. The molecule has 0 radical (unpaired) electrons. The highest BCUT2D eigenvalue weighted by Crippen LogP contribution is 2.36. The molecule has 0 aromatic heterocycles. The smallest absolute Gasteiger partial charge is 0.332 e. The average molecular weight is 191 g/mol. The van der Waals surface area contributed by atoms with Crippen molar-refractivity contribution in [3.63, 3.8) is 0 Å². The van der Waals surface area contributed by atoms with Gasteiger partial charge in [0, 0.05) is 0 Å². The van der Waals surface area contributed by atoms with Crippen LogP contribution in [-0.4, -0.2) is 33.9 Å². The Morgan fingerprint density at radius 3 is 2.17 bits per heavy atom. The summed E-state index contributed by atoms with van der Waals surface area (Å²) in [7, 11) is 0.254. The fourth-order valence-corrected chi connectivity index (χ4v) is 1.76. The molecule has 1 saturated carbocycles. The first-order valence-electron chi connectivity index (χ1n) is 3.58. The van der Waals surface area contributed by atoms with Gasteiger partial charge in [-0.15, -0.1) is 0 Å². The number of hydrogen-bond acceptors (Lipinski definition) is 3. The van der Waals surface area contributed by atoms with Gasteiger partial charge in [0.25, 0.3) is 0 Å². The summed E-state index contributed by atoms with van der Waals surface area (Å²) in [5.74, 6) is -2.65. The molecule has 0 heterocycles. The normalized spacial score (nSPS) is 17.4. The maximum Gasteiger partial charge on any atom is 0.332 e. The summed E-state index contributed by atoms with van der Waals surface area (Å²) < 4.78 is 0. The van der Waals surface area contributed by atoms with Crippen LogP contribution < -0.4 is 5.09 Å². The quantitative estimate of drug-likeness (QED) is 0.416. The van der Waals surface area contributed by atoms with E-state index in [1.54, 1.807) is 0 Å². The molecular weight excluding hydrogens is 181 g/mol. The zero-order valence-electron chi connectivity index (χ0n) is 6.28. The molecule has 6 heteroatoms. The monoisotopic (exact) mass is 191 g/mol. The Kier molecular flexibility index (Phi) is 3.00. The third-order valence-electron chi connectivity index (χ3n) is 1.50. The Balaban J connectivity index is 2.31. The molecule has 1 aliphatic carbocycles. The first kappa shape index (κ1) is 9.42. The van der Waals surface area contributed by atoms with Crippen LogP contribution in [0.1, 0.15) is 12.8 Å². The summed E-state index contributed by atoms with van der Waals surface area (Å²) in [5, 5.41) is 19.4. The van der Waals surface area contributed by atoms with Gasteiger partial charge in [-0.05, 0) is 27.2 Å². The molecule has 0 aliphatic heterocycles. The molecule has 1 rings (SSSR count). The predicted octanol–water partition coefficient (Wildman–Crippen LogP) is -0.130. The highest BCUT2D eigenvalue weighted by atomic mass is 31.1. The number of nitrogens with one attached hydrogen (secondary N) is 1. The molecule has 0 amide bonds. The van der Waals surface area contributed by atoms with Crippen LogP contribution in [0.25, 0.3) is 0 Å². The number of carboxylic acid groups (broad SMARTS) is 2. The minimum atomic E-state index is -1.44. The van der Waals surface area contributed by atoms with Crippen molar-refractivity contribution in [3.05, 3.63) is 0 Å². The van der Waals surface area contributed by atoms with Crippen molar-refractivity contribution in [2.24, 2.45) is 0 Å². The molecule has 1 fully saturated rings. The molecule has 68 valence electrons. The summed E-state index contributed by atoms with van der Waals surface area (Å²) in [6.07, 6.45) is 2.16. The number of rotatable bonds is 5. The third-order valence-corrected chi connectivity index (χ3v) is 2.94. The van der Waals surface area contributed by atoms with Gasteiger partial charge in [0.15, 0.2) is 0 Å². The third kappa shape index (κ3) is 2.75. The van der Waals surface area contributed by atoms with E-state index in [2.05, 4.69) is 5.09 Å². The largest absolute Gasteiger partial charge is 0.480 e. The van der Waals surface area contributed by atoms with Gasteiger partial charge in [0.1, 0.15) is 0 Å². The molecule has 0 bridgehead atoms. The fourth-order valence-electron chi connectivity index (χ4n) is 0.658. The second-order valence-corrected chi connectivity index (χ2v) is 4.07. The van der Waals surface area contributed by atoms with Crippen LogP contribution in [0.15, 0.2) is 0 Å².